The van der Waals surface area contributed by atoms with Crippen LogP contribution in [0.3, 0.4) is 0 Å². The first-order chi connectivity index (χ1) is 16.6. The average Bonchev–Trinajstić information content (AvgIpc) is 3.51. The summed E-state index contributed by atoms with van der Waals surface area (Å²) in [6, 6.07) is 8.02. The van der Waals surface area contributed by atoms with Crippen molar-refractivity contribution in [1.29, 1.82) is 0 Å². The fourth-order valence-corrected chi connectivity index (χ4v) is 5.86. The predicted molar refractivity (Wildman–Crippen MR) is 130 cm³/mol. The molecule has 35 heavy (non-hydrogen) atoms. The first-order valence-corrected chi connectivity index (χ1v) is 11.8. The lowest BCUT2D eigenvalue weighted by atomic mass is 9.80. The van der Waals surface area contributed by atoms with Gasteiger partial charge in [-0.25, -0.2) is 8.78 Å². The molecule has 0 aliphatic heterocycles. The van der Waals surface area contributed by atoms with Crippen molar-refractivity contribution >= 4 is 27.8 Å². The van der Waals surface area contributed by atoms with Gasteiger partial charge < -0.3 is 14.4 Å². The molecule has 1 unspecified atom stereocenters. The van der Waals surface area contributed by atoms with Gasteiger partial charge in [0, 0.05) is 34.7 Å². The molecule has 0 amide bonds. The number of aromatic nitrogens is 3. The number of aromatic amines is 1. The molecular formula is C27H29F2N3O3. The van der Waals surface area contributed by atoms with Crippen LogP contribution in [-0.4, -0.2) is 39.6 Å². The van der Waals surface area contributed by atoms with Gasteiger partial charge in [-0.3, -0.25) is 9.89 Å². The molecular weight excluding hydrogens is 452 g/mol. The Morgan fingerprint density at radius 3 is 2.66 bits per heavy atom. The quantitative estimate of drug-likeness (QED) is 0.350. The molecule has 2 heterocycles. The van der Waals surface area contributed by atoms with Crippen LogP contribution in [0.25, 0.3) is 27.5 Å². The SMILES string of the molecule is COCC(C)(C)c1c(C2CC[C@@](C)(C(=O)O)C2)c2c(F)c3[nH]ncc3cc2n1-c1ccc(F)cc1. The molecule has 2 atom stereocenters. The summed E-state index contributed by atoms with van der Waals surface area (Å²) in [5.41, 5.74) is 1.85. The van der Waals surface area contributed by atoms with Gasteiger partial charge >= 0.3 is 5.97 Å². The Labute approximate surface area is 201 Å². The van der Waals surface area contributed by atoms with E-state index in [4.69, 9.17) is 4.74 Å². The molecule has 2 N–H and O–H groups in total. The van der Waals surface area contributed by atoms with Gasteiger partial charge in [0.05, 0.1) is 23.7 Å². The normalized spacial score (nSPS) is 20.8. The Balaban J connectivity index is 1.91. The van der Waals surface area contributed by atoms with E-state index in [-0.39, 0.29) is 11.7 Å². The predicted octanol–water partition coefficient (Wildman–Crippen LogP) is 6.07. The van der Waals surface area contributed by atoms with Crippen LogP contribution in [-0.2, 0) is 14.9 Å². The third-order valence-corrected chi connectivity index (χ3v) is 7.54. The Hall–Kier alpha value is -3.26. The van der Waals surface area contributed by atoms with Crippen molar-refractivity contribution in [2.24, 2.45) is 5.41 Å². The first kappa shape index (κ1) is 23.5. The second-order valence-corrected chi connectivity index (χ2v) is 10.6. The highest BCUT2D eigenvalue weighted by atomic mass is 19.1. The highest BCUT2D eigenvalue weighted by Crippen LogP contribution is 2.52. The first-order valence-electron chi connectivity index (χ1n) is 11.8. The average molecular weight is 482 g/mol. The van der Waals surface area contributed by atoms with E-state index in [2.05, 4.69) is 10.2 Å². The van der Waals surface area contributed by atoms with E-state index < -0.39 is 22.6 Å². The van der Waals surface area contributed by atoms with Gasteiger partial charge in [-0.15, -0.1) is 0 Å². The highest BCUT2D eigenvalue weighted by Gasteiger charge is 2.45. The number of hydrogen-bond acceptors (Lipinski definition) is 3. The molecule has 0 saturated heterocycles. The number of benzene rings is 2. The van der Waals surface area contributed by atoms with Crippen molar-refractivity contribution in [3.63, 3.8) is 0 Å². The summed E-state index contributed by atoms with van der Waals surface area (Å²) in [6.07, 6.45) is 3.12. The van der Waals surface area contributed by atoms with Crippen LogP contribution >= 0.6 is 0 Å². The maximum atomic E-state index is 16.2. The second kappa shape index (κ2) is 8.16. The zero-order valence-corrected chi connectivity index (χ0v) is 20.3. The number of nitrogens with one attached hydrogen (secondary N) is 1. The van der Waals surface area contributed by atoms with E-state index in [9.17, 15) is 14.3 Å². The van der Waals surface area contributed by atoms with E-state index in [1.807, 2.05) is 24.5 Å². The lowest BCUT2D eigenvalue weighted by molar-refractivity contribution is -0.147. The molecule has 2 aromatic heterocycles. The summed E-state index contributed by atoms with van der Waals surface area (Å²) >= 11 is 0. The Bertz CT molecular complexity index is 1440. The Morgan fingerprint density at radius 2 is 2.03 bits per heavy atom. The van der Waals surface area contributed by atoms with Gasteiger partial charge in [0.15, 0.2) is 5.82 Å². The van der Waals surface area contributed by atoms with Crippen LogP contribution in [0, 0.1) is 17.0 Å². The van der Waals surface area contributed by atoms with E-state index in [1.165, 1.54) is 12.1 Å². The van der Waals surface area contributed by atoms with Gasteiger partial charge in [-0.2, -0.15) is 5.10 Å². The molecule has 1 aliphatic carbocycles. The number of halogens is 2. The van der Waals surface area contributed by atoms with Gasteiger partial charge in [0.25, 0.3) is 0 Å². The fourth-order valence-electron chi connectivity index (χ4n) is 5.86. The number of rotatable bonds is 6. The minimum atomic E-state index is -0.883. The summed E-state index contributed by atoms with van der Waals surface area (Å²) in [7, 11) is 1.62. The number of ether oxygens (including phenoxy) is 1. The summed E-state index contributed by atoms with van der Waals surface area (Å²) in [4.78, 5) is 12.1. The molecule has 1 aliphatic rings. The third-order valence-electron chi connectivity index (χ3n) is 7.54. The van der Waals surface area contributed by atoms with Gasteiger partial charge in [0.2, 0.25) is 0 Å². The van der Waals surface area contributed by atoms with Crippen LogP contribution in [0.4, 0.5) is 8.78 Å². The number of hydrogen-bond donors (Lipinski definition) is 2. The van der Waals surface area contributed by atoms with Crippen molar-refractivity contribution in [3.8, 4) is 5.69 Å². The lowest BCUT2D eigenvalue weighted by Gasteiger charge is -2.30. The number of aliphatic carboxylic acids is 1. The monoisotopic (exact) mass is 481 g/mol. The lowest BCUT2D eigenvalue weighted by Crippen LogP contribution is -2.29. The molecule has 6 nitrogen and oxygen atoms in total. The Kier molecular flexibility index (Phi) is 5.47. The van der Waals surface area contributed by atoms with Crippen LogP contribution < -0.4 is 0 Å². The third kappa shape index (κ3) is 3.62. The molecule has 0 bridgehead atoms. The molecule has 4 aromatic rings. The summed E-state index contributed by atoms with van der Waals surface area (Å²) < 4.78 is 37.6. The van der Waals surface area contributed by atoms with E-state index in [0.717, 1.165) is 11.3 Å². The molecule has 0 radical (unpaired) electrons. The van der Waals surface area contributed by atoms with E-state index in [0.29, 0.717) is 53.4 Å². The number of methoxy groups -OCH3 is 1. The topological polar surface area (TPSA) is 80.1 Å². The smallest absolute Gasteiger partial charge is 0.309 e. The summed E-state index contributed by atoms with van der Waals surface area (Å²) in [6.45, 7) is 6.19. The van der Waals surface area contributed by atoms with Crippen LogP contribution in [0.1, 0.15) is 57.2 Å². The number of carbonyl (C=O) groups is 1. The number of H-pyrrole nitrogens is 1. The summed E-state index contributed by atoms with van der Waals surface area (Å²) in [5, 5.41) is 17.8. The van der Waals surface area contributed by atoms with E-state index >= 15 is 4.39 Å². The van der Waals surface area contributed by atoms with Gasteiger partial charge in [0.1, 0.15) is 11.3 Å². The minimum Gasteiger partial charge on any atom is -0.481 e. The van der Waals surface area contributed by atoms with Gasteiger partial charge in [-0.1, -0.05) is 13.8 Å². The zero-order chi connectivity index (χ0) is 25.1. The maximum absolute atomic E-state index is 16.2. The number of carboxylic acids is 1. The number of fused-ring (bicyclic) bond motifs is 2. The van der Waals surface area contributed by atoms with Crippen molar-refractivity contribution in [3.05, 3.63) is 59.4 Å². The second-order valence-electron chi connectivity index (χ2n) is 10.6. The Morgan fingerprint density at radius 1 is 1.31 bits per heavy atom. The molecule has 8 heteroatoms. The standard InChI is InChI=1S/C27H29F2N3O3/c1-26(2,14-35-4)24-20(15-9-10-27(3,12-15)25(33)34)21-19(11-16-13-30-31-23(16)22(21)29)32(24)18-7-5-17(28)6-8-18/h5-8,11,13,15H,9-10,12,14H2,1-4H3,(H,30,31)(H,33,34)/t15?,27-/m1/s1. The maximum Gasteiger partial charge on any atom is 0.309 e. The molecule has 2 aromatic carbocycles. The molecule has 1 fully saturated rings. The van der Waals surface area contributed by atoms with Crippen molar-refractivity contribution in [1.82, 2.24) is 14.8 Å². The van der Waals surface area contributed by atoms with Gasteiger partial charge in [-0.05, 0) is 68.0 Å². The largest absolute Gasteiger partial charge is 0.481 e. The van der Waals surface area contributed by atoms with Crippen LogP contribution in [0.2, 0.25) is 0 Å². The number of carboxylic acid groups (broad SMARTS) is 1. The van der Waals surface area contributed by atoms with Crippen molar-refractivity contribution < 1.29 is 23.4 Å². The van der Waals surface area contributed by atoms with Crippen molar-refractivity contribution in [2.45, 2.75) is 51.4 Å². The zero-order valence-electron chi connectivity index (χ0n) is 20.3. The summed E-state index contributed by atoms with van der Waals surface area (Å²) in [5.74, 6) is -1.78. The molecule has 5 rings (SSSR count). The highest BCUT2D eigenvalue weighted by molar-refractivity contribution is 6.00. The fraction of sp³-hybridized carbons (Fsp3) is 0.407. The van der Waals surface area contributed by atoms with E-state index in [1.54, 1.807) is 32.4 Å². The molecule has 0 spiro atoms. The van der Waals surface area contributed by atoms with Crippen molar-refractivity contribution in [2.75, 3.05) is 13.7 Å². The molecule has 1 saturated carbocycles. The minimum absolute atomic E-state index is 0.165. The molecule has 184 valence electrons. The van der Waals surface area contributed by atoms with Crippen LogP contribution in [0.15, 0.2) is 36.5 Å². The number of nitrogens with zero attached hydrogens (tertiary/aromatic N) is 2. The van der Waals surface area contributed by atoms with Crippen LogP contribution in [0.5, 0.6) is 0 Å².